The van der Waals surface area contributed by atoms with Crippen LogP contribution in [-0.4, -0.2) is 29.2 Å². The minimum absolute atomic E-state index is 0.170. The van der Waals surface area contributed by atoms with Crippen LogP contribution in [0.1, 0.15) is 5.56 Å². The third-order valence-corrected chi connectivity index (χ3v) is 4.82. The molecular weight excluding hydrogens is 292 g/mol. The van der Waals surface area contributed by atoms with Crippen LogP contribution in [0, 0.1) is 11.3 Å². The Kier molecular flexibility index (Phi) is 4.43. The van der Waals surface area contributed by atoms with Crippen LogP contribution in [0.15, 0.2) is 12.4 Å². The van der Waals surface area contributed by atoms with Crippen LogP contribution in [0.25, 0.3) is 11.0 Å². The van der Waals surface area contributed by atoms with Crippen molar-refractivity contribution in [1.29, 1.82) is 5.26 Å². The van der Waals surface area contributed by atoms with E-state index in [0.29, 0.717) is 23.3 Å². The molecule has 0 aliphatic heterocycles. The number of hydrogen-bond acceptors (Lipinski definition) is 4. The van der Waals surface area contributed by atoms with E-state index in [2.05, 4.69) is 35.7 Å². The summed E-state index contributed by atoms with van der Waals surface area (Å²) in [6, 6.07) is 3.24. The first-order valence-electron chi connectivity index (χ1n) is 6.40. The third kappa shape index (κ3) is 3.57. The second-order valence-electron chi connectivity index (χ2n) is 5.85. The molecule has 7 heteroatoms. The summed E-state index contributed by atoms with van der Waals surface area (Å²) in [4.78, 5) is 8.08. The molecule has 0 atom stereocenters. The van der Waals surface area contributed by atoms with E-state index in [1.54, 1.807) is 17.0 Å². The lowest BCUT2D eigenvalue weighted by Gasteiger charge is -2.15. The smallest absolute Gasteiger partial charge is 0.224 e. The maximum atomic E-state index is 9.11. The van der Waals surface area contributed by atoms with Crippen molar-refractivity contribution in [3.05, 3.63) is 23.2 Å². The van der Waals surface area contributed by atoms with Gasteiger partial charge < -0.3 is 9.30 Å². The van der Waals surface area contributed by atoms with Crippen molar-refractivity contribution in [2.75, 3.05) is 6.61 Å². The average Bonchev–Trinajstić information content (AvgIpc) is 2.71. The molecule has 106 valence electrons. The molecule has 2 rings (SSSR count). The maximum Gasteiger partial charge on any atom is 0.224 e. The Balaban J connectivity index is 2.14. The highest BCUT2D eigenvalue weighted by Crippen LogP contribution is 2.20. The molecule has 2 heterocycles. The van der Waals surface area contributed by atoms with E-state index < -0.39 is 8.07 Å². The largest absolute Gasteiger partial charge is 0.361 e. The van der Waals surface area contributed by atoms with Gasteiger partial charge in [-0.15, -0.1) is 0 Å². The molecule has 0 radical (unpaired) electrons. The number of rotatable bonds is 5. The number of nitriles is 1. The average molecular weight is 309 g/mol. The summed E-state index contributed by atoms with van der Waals surface area (Å²) < 4.78 is 7.48. The first-order chi connectivity index (χ1) is 9.40. The second-order valence-corrected chi connectivity index (χ2v) is 11.8. The monoisotopic (exact) mass is 308 g/mol. The Morgan fingerprint density at radius 1 is 1.45 bits per heavy atom. The van der Waals surface area contributed by atoms with Gasteiger partial charge in [-0.1, -0.05) is 19.6 Å². The number of aromatic nitrogens is 3. The molecule has 0 bridgehead atoms. The minimum Gasteiger partial charge on any atom is -0.361 e. The lowest BCUT2D eigenvalue weighted by Crippen LogP contribution is -2.22. The molecule has 0 N–H and O–H groups in total. The molecule has 0 spiro atoms. The van der Waals surface area contributed by atoms with Crippen molar-refractivity contribution in [1.82, 2.24) is 14.5 Å². The number of ether oxygens (including phenoxy) is 1. The molecular formula is C13H17ClN4OSi. The SMILES string of the molecule is C[Si](C)(C)CCOCn1cc(C#N)c2cnc(Cl)nc21. The van der Waals surface area contributed by atoms with Crippen LogP contribution in [0.4, 0.5) is 0 Å². The van der Waals surface area contributed by atoms with Crippen LogP contribution < -0.4 is 0 Å². The Morgan fingerprint density at radius 3 is 2.85 bits per heavy atom. The van der Waals surface area contributed by atoms with Crippen LogP contribution in [0.2, 0.25) is 31.0 Å². The zero-order chi connectivity index (χ0) is 14.8. The number of hydrogen-bond donors (Lipinski definition) is 0. The van der Waals surface area contributed by atoms with Crippen molar-refractivity contribution in [3.63, 3.8) is 0 Å². The van der Waals surface area contributed by atoms with E-state index in [-0.39, 0.29) is 5.28 Å². The van der Waals surface area contributed by atoms with E-state index in [9.17, 15) is 0 Å². The van der Waals surface area contributed by atoms with Gasteiger partial charge in [0.1, 0.15) is 18.4 Å². The standard InChI is InChI=1S/C13H17ClN4OSi/c1-20(2,3)5-4-19-9-18-8-10(6-15)11-7-16-13(14)17-12(11)18/h7-8H,4-5,9H2,1-3H3. The highest BCUT2D eigenvalue weighted by Gasteiger charge is 2.13. The van der Waals surface area contributed by atoms with Crippen molar-refractivity contribution in [3.8, 4) is 6.07 Å². The van der Waals surface area contributed by atoms with Gasteiger partial charge in [-0.25, -0.2) is 4.98 Å². The molecule has 5 nitrogen and oxygen atoms in total. The van der Waals surface area contributed by atoms with E-state index in [4.69, 9.17) is 21.6 Å². The van der Waals surface area contributed by atoms with Gasteiger partial charge in [0, 0.05) is 27.1 Å². The molecule has 0 aliphatic rings. The molecule has 0 fully saturated rings. The molecule has 0 aromatic carbocycles. The molecule has 0 saturated heterocycles. The first-order valence-corrected chi connectivity index (χ1v) is 10.5. The quantitative estimate of drug-likeness (QED) is 0.483. The van der Waals surface area contributed by atoms with Gasteiger partial charge in [-0.3, -0.25) is 0 Å². The Labute approximate surface area is 124 Å². The summed E-state index contributed by atoms with van der Waals surface area (Å²) in [5.74, 6) is 0. The third-order valence-electron chi connectivity index (χ3n) is 2.93. The number of halogens is 1. The predicted molar refractivity (Wildman–Crippen MR) is 81.4 cm³/mol. The summed E-state index contributed by atoms with van der Waals surface area (Å²) in [5.41, 5.74) is 1.17. The molecule has 20 heavy (non-hydrogen) atoms. The lowest BCUT2D eigenvalue weighted by atomic mass is 10.3. The van der Waals surface area contributed by atoms with E-state index in [1.807, 2.05) is 0 Å². The Morgan fingerprint density at radius 2 is 2.20 bits per heavy atom. The van der Waals surface area contributed by atoms with E-state index in [0.717, 1.165) is 12.7 Å². The normalized spacial score (nSPS) is 11.8. The summed E-state index contributed by atoms with van der Waals surface area (Å²) >= 11 is 5.81. The van der Waals surface area contributed by atoms with Crippen molar-refractivity contribution < 1.29 is 4.74 Å². The number of nitrogens with zero attached hydrogens (tertiary/aromatic N) is 4. The maximum absolute atomic E-state index is 9.11. The van der Waals surface area contributed by atoms with Crippen molar-refractivity contribution in [2.24, 2.45) is 0 Å². The zero-order valence-corrected chi connectivity index (χ0v) is 13.6. The highest BCUT2D eigenvalue weighted by atomic mass is 35.5. The van der Waals surface area contributed by atoms with E-state index >= 15 is 0 Å². The van der Waals surface area contributed by atoms with Crippen LogP contribution >= 0.6 is 11.6 Å². The van der Waals surface area contributed by atoms with Crippen LogP contribution in [0.5, 0.6) is 0 Å². The van der Waals surface area contributed by atoms with Gasteiger partial charge in [0.05, 0.1) is 10.9 Å². The summed E-state index contributed by atoms with van der Waals surface area (Å²) in [6.45, 7) is 8.01. The van der Waals surface area contributed by atoms with Gasteiger partial charge in [0.25, 0.3) is 0 Å². The minimum atomic E-state index is -1.09. The van der Waals surface area contributed by atoms with Gasteiger partial charge in [-0.05, 0) is 17.6 Å². The fourth-order valence-corrected chi connectivity index (χ4v) is 2.66. The fraction of sp³-hybridized carbons (Fsp3) is 0.462. The Bertz CT molecular complexity index is 657. The molecule has 0 saturated carbocycles. The van der Waals surface area contributed by atoms with Gasteiger partial charge in [-0.2, -0.15) is 10.2 Å². The lowest BCUT2D eigenvalue weighted by molar-refractivity contribution is 0.0898. The topological polar surface area (TPSA) is 63.7 Å². The molecule has 2 aromatic rings. The Hall–Kier alpha value is -1.42. The van der Waals surface area contributed by atoms with Crippen molar-refractivity contribution >= 4 is 30.7 Å². The number of fused-ring (bicyclic) bond motifs is 1. The van der Waals surface area contributed by atoms with Crippen LogP contribution in [-0.2, 0) is 11.5 Å². The fourth-order valence-electron chi connectivity index (χ4n) is 1.78. The summed E-state index contributed by atoms with van der Waals surface area (Å²) in [6.07, 6.45) is 3.30. The van der Waals surface area contributed by atoms with Crippen molar-refractivity contribution in [2.45, 2.75) is 32.4 Å². The second kappa shape index (κ2) is 5.91. The molecule has 0 unspecified atom stereocenters. The first kappa shape index (κ1) is 15.0. The van der Waals surface area contributed by atoms with Crippen LogP contribution in [0.3, 0.4) is 0 Å². The molecule has 0 amide bonds. The van der Waals surface area contributed by atoms with Gasteiger partial charge >= 0.3 is 0 Å². The van der Waals surface area contributed by atoms with Gasteiger partial charge in [0.2, 0.25) is 5.28 Å². The predicted octanol–water partition coefficient (Wildman–Crippen LogP) is 3.27. The highest BCUT2D eigenvalue weighted by molar-refractivity contribution is 6.76. The van der Waals surface area contributed by atoms with E-state index in [1.165, 1.54) is 0 Å². The molecule has 2 aromatic heterocycles. The van der Waals surface area contributed by atoms with Gasteiger partial charge in [0.15, 0.2) is 0 Å². The summed E-state index contributed by atoms with van der Waals surface area (Å²) in [5, 5.41) is 9.98. The zero-order valence-electron chi connectivity index (χ0n) is 11.9. The summed E-state index contributed by atoms with van der Waals surface area (Å²) in [7, 11) is -1.09. The molecule has 0 aliphatic carbocycles.